The molecule has 1 aliphatic rings. The monoisotopic (exact) mass is 326 g/mol. The number of hydrogen-bond donors (Lipinski definition) is 2. The van der Waals surface area contributed by atoms with Crippen molar-refractivity contribution in [2.75, 3.05) is 26.2 Å². The lowest BCUT2D eigenvalue weighted by atomic mass is 10.0. The number of aromatic hydroxyl groups is 1. The van der Waals surface area contributed by atoms with Gasteiger partial charge in [0.15, 0.2) is 0 Å². The van der Waals surface area contributed by atoms with Crippen LogP contribution in [0.2, 0.25) is 0 Å². The molecule has 128 valence electrons. The minimum Gasteiger partial charge on any atom is -0.507 e. The molecule has 1 aliphatic heterocycles. The second kappa shape index (κ2) is 8.18. The Morgan fingerprint density at radius 3 is 2.54 bits per heavy atom. The Kier molecular flexibility index (Phi) is 5.72. The number of rotatable bonds is 6. The van der Waals surface area contributed by atoms with Crippen molar-refractivity contribution in [2.45, 2.75) is 26.0 Å². The molecular weight excluding hydrogens is 300 g/mol. The molecule has 3 rings (SSSR count). The summed E-state index contributed by atoms with van der Waals surface area (Å²) in [5, 5.41) is 13.9. The van der Waals surface area contributed by atoms with E-state index in [2.05, 4.69) is 17.1 Å². The van der Waals surface area contributed by atoms with E-state index in [0.29, 0.717) is 18.1 Å². The van der Waals surface area contributed by atoms with Crippen LogP contribution in [0.3, 0.4) is 0 Å². The highest BCUT2D eigenvalue weighted by Crippen LogP contribution is 2.34. The molecule has 0 aliphatic carbocycles. The molecule has 1 heterocycles. The van der Waals surface area contributed by atoms with Gasteiger partial charge in [-0.3, -0.25) is 4.90 Å². The summed E-state index contributed by atoms with van der Waals surface area (Å²) in [5.41, 5.74) is 2.11. The number of nitrogens with one attached hydrogen (secondary N) is 1. The van der Waals surface area contributed by atoms with E-state index >= 15 is 0 Å². The van der Waals surface area contributed by atoms with Crippen molar-refractivity contribution in [3.8, 4) is 11.5 Å². The summed E-state index contributed by atoms with van der Waals surface area (Å²) < 4.78 is 5.80. The van der Waals surface area contributed by atoms with Crippen molar-refractivity contribution in [3.05, 3.63) is 59.7 Å². The van der Waals surface area contributed by atoms with Crippen LogP contribution in [0.1, 0.15) is 30.5 Å². The number of nitrogens with zero attached hydrogens (tertiary/aromatic N) is 1. The molecule has 1 fully saturated rings. The molecule has 1 atom stereocenters. The summed E-state index contributed by atoms with van der Waals surface area (Å²) in [5.74, 6) is 1.03. The molecule has 0 amide bonds. The zero-order valence-corrected chi connectivity index (χ0v) is 14.2. The van der Waals surface area contributed by atoms with Gasteiger partial charge in [-0.2, -0.15) is 0 Å². The van der Waals surface area contributed by atoms with Gasteiger partial charge in [-0.15, -0.1) is 0 Å². The number of piperazine rings is 1. The summed E-state index contributed by atoms with van der Waals surface area (Å²) in [4.78, 5) is 2.44. The number of ether oxygens (including phenoxy) is 1. The van der Waals surface area contributed by atoms with Gasteiger partial charge >= 0.3 is 0 Å². The van der Waals surface area contributed by atoms with Crippen LogP contribution < -0.4 is 10.1 Å². The molecule has 4 heteroatoms. The van der Waals surface area contributed by atoms with Crippen LogP contribution in [-0.2, 0) is 6.61 Å². The molecule has 4 nitrogen and oxygen atoms in total. The molecule has 0 bridgehead atoms. The van der Waals surface area contributed by atoms with Crippen LogP contribution in [0.25, 0.3) is 0 Å². The molecule has 0 aromatic heterocycles. The van der Waals surface area contributed by atoms with Gasteiger partial charge in [0.05, 0.1) is 0 Å². The van der Waals surface area contributed by atoms with Gasteiger partial charge in [0, 0.05) is 43.9 Å². The molecule has 2 aromatic carbocycles. The lowest BCUT2D eigenvalue weighted by molar-refractivity contribution is 0.166. The second-order valence-corrected chi connectivity index (χ2v) is 6.20. The molecular formula is C20H26N2O2. The van der Waals surface area contributed by atoms with Gasteiger partial charge < -0.3 is 15.2 Å². The van der Waals surface area contributed by atoms with E-state index in [9.17, 15) is 5.11 Å². The van der Waals surface area contributed by atoms with Gasteiger partial charge in [-0.05, 0) is 18.1 Å². The SMILES string of the molecule is CC[C@@H](c1ccc(OCc2ccccc2)cc1O)N1CCNCC1. The molecule has 0 radical (unpaired) electrons. The molecule has 2 N–H and O–H groups in total. The van der Waals surface area contributed by atoms with Crippen LogP contribution in [0.5, 0.6) is 11.5 Å². The Labute approximate surface area is 144 Å². The minimum atomic E-state index is 0.260. The van der Waals surface area contributed by atoms with Crippen molar-refractivity contribution in [1.29, 1.82) is 0 Å². The van der Waals surface area contributed by atoms with Crippen molar-refractivity contribution in [2.24, 2.45) is 0 Å². The summed E-state index contributed by atoms with van der Waals surface area (Å²) in [6.07, 6.45) is 0.984. The Morgan fingerprint density at radius 2 is 1.88 bits per heavy atom. The number of phenolic OH excluding ortho intramolecular Hbond substituents is 1. The molecule has 0 spiro atoms. The fraction of sp³-hybridized carbons (Fsp3) is 0.400. The van der Waals surface area contributed by atoms with E-state index in [4.69, 9.17) is 4.74 Å². The average molecular weight is 326 g/mol. The maximum absolute atomic E-state index is 10.5. The fourth-order valence-corrected chi connectivity index (χ4v) is 3.30. The van der Waals surface area contributed by atoms with Crippen LogP contribution in [0.15, 0.2) is 48.5 Å². The third-order valence-electron chi connectivity index (χ3n) is 4.59. The minimum absolute atomic E-state index is 0.260. The maximum Gasteiger partial charge on any atom is 0.124 e. The Morgan fingerprint density at radius 1 is 1.12 bits per heavy atom. The highest BCUT2D eigenvalue weighted by molar-refractivity contribution is 5.41. The van der Waals surface area contributed by atoms with Crippen LogP contribution in [0, 0.1) is 0 Å². The topological polar surface area (TPSA) is 44.7 Å². The molecule has 1 saturated heterocycles. The van der Waals surface area contributed by atoms with Crippen molar-refractivity contribution in [1.82, 2.24) is 10.2 Å². The van der Waals surface area contributed by atoms with Gasteiger partial charge in [-0.25, -0.2) is 0 Å². The van der Waals surface area contributed by atoms with Gasteiger partial charge in [0.1, 0.15) is 18.1 Å². The average Bonchev–Trinajstić information content (AvgIpc) is 2.64. The van der Waals surface area contributed by atoms with E-state index in [1.165, 1.54) is 0 Å². The standard InChI is InChI=1S/C20H26N2O2/c1-2-19(22-12-10-21-11-13-22)18-9-8-17(14-20(18)23)24-15-16-6-4-3-5-7-16/h3-9,14,19,21,23H,2,10-13,15H2,1H3/t19-/m0/s1. The number of hydrogen-bond acceptors (Lipinski definition) is 4. The zero-order valence-electron chi connectivity index (χ0n) is 14.2. The first-order chi connectivity index (χ1) is 11.8. The summed E-state index contributed by atoms with van der Waals surface area (Å²) in [6, 6.07) is 16.0. The first-order valence-electron chi connectivity index (χ1n) is 8.72. The lowest BCUT2D eigenvalue weighted by Gasteiger charge is -2.35. The Hall–Kier alpha value is -2.04. The predicted molar refractivity (Wildman–Crippen MR) is 96.4 cm³/mol. The summed E-state index contributed by atoms with van der Waals surface area (Å²) in [6.45, 7) is 6.74. The number of phenols is 1. The van der Waals surface area contributed by atoms with Crippen molar-refractivity contribution in [3.63, 3.8) is 0 Å². The molecule has 24 heavy (non-hydrogen) atoms. The highest BCUT2D eigenvalue weighted by Gasteiger charge is 2.23. The van der Waals surface area contributed by atoms with E-state index in [0.717, 1.165) is 43.7 Å². The first-order valence-corrected chi connectivity index (χ1v) is 8.72. The predicted octanol–water partition coefficient (Wildman–Crippen LogP) is 3.33. The Bertz CT molecular complexity index is 639. The number of benzene rings is 2. The Balaban J connectivity index is 1.69. The third-order valence-corrected chi connectivity index (χ3v) is 4.59. The van der Waals surface area contributed by atoms with Crippen LogP contribution in [-0.4, -0.2) is 36.2 Å². The largest absolute Gasteiger partial charge is 0.507 e. The second-order valence-electron chi connectivity index (χ2n) is 6.20. The quantitative estimate of drug-likeness (QED) is 0.855. The zero-order chi connectivity index (χ0) is 16.8. The summed E-state index contributed by atoms with van der Waals surface area (Å²) >= 11 is 0. The lowest BCUT2D eigenvalue weighted by Crippen LogP contribution is -2.45. The van der Waals surface area contributed by atoms with E-state index < -0.39 is 0 Å². The van der Waals surface area contributed by atoms with E-state index in [-0.39, 0.29) is 6.04 Å². The summed E-state index contributed by atoms with van der Waals surface area (Å²) in [7, 11) is 0. The highest BCUT2D eigenvalue weighted by atomic mass is 16.5. The van der Waals surface area contributed by atoms with Gasteiger partial charge in [0.25, 0.3) is 0 Å². The maximum atomic E-state index is 10.5. The van der Waals surface area contributed by atoms with E-state index in [1.54, 1.807) is 6.07 Å². The third kappa shape index (κ3) is 4.08. The van der Waals surface area contributed by atoms with Gasteiger partial charge in [0.2, 0.25) is 0 Å². The molecule has 0 saturated carbocycles. The van der Waals surface area contributed by atoms with Gasteiger partial charge in [-0.1, -0.05) is 43.3 Å². The molecule has 2 aromatic rings. The fourth-order valence-electron chi connectivity index (χ4n) is 3.30. The van der Waals surface area contributed by atoms with Crippen LogP contribution >= 0.6 is 0 Å². The van der Waals surface area contributed by atoms with Crippen LogP contribution in [0.4, 0.5) is 0 Å². The normalized spacial score (nSPS) is 16.7. The van der Waals surface area contributed by atoms with Crippen molar-refractivity contribution >= 4 is 0 Å². The van der Waals surface area contributed by atoms with E-state index in [1.807, 2.05) is 42.5 Å². The van der Waals surface area contributed by atoms with Crippen molar-refractivity contribution < 1.29 is 9.84 Å². The smallest absolute Gasteiger partial charge is 0.124 e. The molecule has 0 unspecified atom stereocenters. The first kappa shape index (κ1) is 16.8.